The number of benzene rings is 2. The predicted molar refractivity (Wildman–Crippen MR) is 107 cm³/mol. The third-order valence-electron chi connectivity index (χ3n) is 4.51. The standard InChI is InChI=1S/C22H25N3O2/c1-16-14-25(21(26)27-22(2,3)4)20-8-6-5-7-19(20)24(16)15-18-11-9-17(13-23)10-12-18/h5-12,16H,14-15H2,1-4H3/t16-/m0/s1. The van der Waals surface area contributed by atoms with E-state index in [4.69, 9.17) is 10.00 Å². The Balaban J connectivity index is 1.89. The Morgan fingerprint density at radius 1 is 1.15 bits per heavy atom. The summed E-state index contributed by atoms with van der Waals surface area (Å²) in [6, 6.07) is 17.8. The number of nitriles is 1. The summed E-state index contributed by atoms with van der Waals surface area (Å²) in [6.07, 6.45) is -0.320. The summed E-state index contributed by atoms with van der Waals surface area (Å²) in [5.74, 6) is 0. The first kappa shape index (κ1) is 18.8. The number of ether oxygens (including phenoxy) is 1. The quantitative estimate of drug-likeness (QED) is 0.775. The highest BCUT2D eigenvalue weighted by Crippen LogP contribution is 2.37. The van der Waals surface area contributed by atoms with Gasteiger partial charge in [0.25, 0.3) is 0 Å². The smallest absolute Gasteiger partial charge is 0.414 e. The molecule has 2 aromatic carbocycles. The molecule has 0 fully saturated rings. The van der Waals surface area contributed by atoms with Gasteiger partial charge in [0, 0.05) is 19.1 Å². The molecule has 0 aromatic heterocycles. The number of para-hydroxylation sites is 2. The Bertz CT molecular complexity index is 862. The third-order valence-corrected chi connectivity index (χ3v) is 4.51. The first-order valence-corrected chi connectivity index (χ1v) is 9.14. The first-order chi connectivity index (χ1) is 12.8. The van der Waals surface area contributed by atoms with E-state index in [1.807, 2.05) is 69.3 Å². The minimum Gasteiger partial charge on any atom is -0.443 e. The number of fused-ring (bicyclic) bond motifs is 1. The van der Waals surface area contributed by atoms with Gasteiger partial charge in [-0.05, 0) is 57.5 Å². The van der Waals surface area contributed by atoms with Crippen molar-refractivity contribution in [2.75, 3.05) is 16.3 Å². The van der Waals surface area contributed by atoms with Gasteiger partial charge in [-0.15, -0.1) is 0 Å². The van der Waals surface area contributed by atoms with Crippen LogP contribution in [0.15, 0.2) is 48.5 Å². The van der Waals surface area contributed by atoms with Crippen LogP contribution in [0.1, 0.15) is 38.8 Å². The van der Waals surface area contributed by atoms with Crippen molar-refractivity contribution in [2.45, 2.75) is 45.9 Å². The lowest BCUT2D eigenvalue weighted by molar-refractivity contribution is 0.0576. The van der Waals surface area contributed by atoms with Crippen molar-refractivity contribution >= 4 is 17.5 Å². The summed E-state index contributed by atoms with van der Waals surface area (Å²) in [5, 5.41) is 8.97. The second-order valence-electron chi connectivity index (χ2n) is 7.87. The van der Waals surface area contributed by atoms with E-state index in [1.54, 1.807) is 4.90 Å². The number of anilines is 2. The molecular formula is C22H25N3O2. The molecule has 0 bridgehead atoms. The molecular weight excluding hydrogens is 338 g/mol. The molecule has 3 rings (SSSR count). The molecule has 1 aliphatic heterocycles. The van der Waals surface area contributed by atoms with E-state index in [1.165, 1.54) is 0 Å². The second kappa shape index (κ2) is 7.32. The second-order valence-corrected chi connectivity index (χ2v) is 7.87. The van der Waals surface area contributed by atoms with Gasteiger partial charge in [0.15, 0.2) is 0 Å². The molecule has 140 valence electrons. The van der Waals surface area contributed by atoms with Crippen LogP contribution in [0.2, 0.25) is 0 Å². The summed E-state index contributed by atoms with van der Waals surface area (Å²) in [7, 11) is 0. The van der Waals surface area contributed by atoms with E-state index in [2.05, 4.69) is 17.9 Å². The summed E-state index contributed by atoms with van der Waals surface area (Å²) >= 11 is 0. The highest BCUT2D eigenvalue weighted by molar-refractivity contribution is 5.94. The fourth-order valence-corrected chi connectivity index (χ4v) is 3.25. The Morgan fingerprint density at radius 2 is 1.78 bits per heavy atom. The van der Waals surface area contributed by atoms with Gasteiger partial charge in [0.2, 0.25) is 0 Å². The summed E-state index contributed by atoms with van der Waals surface area (Å²) < 4.78 is 5.60. The number of nitrogens with zero attached hydrogens (tertiary/aromatic N) is 3. The van der Waals surface area contributed by atoms with E-state index >= 15 is 0 Å². The SMILES string of the molecule is C[C@H]1CN(C(=O)OC(C)(C)C)c2ccccc2N1Cc1ccc(C#N)cc1. The van der Waals surface area contributed by atoms with Crippen LogP contribution in [0.4, 0.5) is 16.2 Å². The molecule has 0 N–H and O–H groups in total. The fraction of sp³-hybridized carbons (Fsp3) is 0.364. The van der Waals surface area contributed by atoms with Crippen LogP contribution in [0, 0.1) is 11.3 Å². The van der Waals surface area contributed by atoms with Gasteiger partial charge in [-0.3, -0.25) is 4.90 Å². The van der Waals surface area contributed by atoms with Crippen LogP contribution in [-0.2, 0) is 11.3 Å². The molecule has 0 unspecified atom stereocenters. The summed E-state index contributed by atoms with van der Waals surface area (Å²) in [6.45, 7) is 9.01. The lowest BCUT2D eigenvalue weighted by atomic mass is 10.1. The molecule has 0 spiro atoms. The molecule has 5 heteroatoms. The average molecular weight is 363 g/mol. The van der Waals surface area contributed by atoms with Crippen molar-refractivity contribution in [1.82, 2.24) is 0 Å². The van der Waals surface area contributed by atoms with Crippen LogP contribution in [0.25, 0.3) is 0 Å². The number of carbonyl (C=O) groups is 1. The molecule has 1 atom stereocenters. The first-order valence-electron chi connectivity index (χ1n) is 9.14. The van der Waals surface area contributed by atoms with E-state index in [-0.39, 0.29) is 12.1 Å². The lowest BCUT2D eigenvalue weighted by Gasteiger charge is -2.42. The molecule has 1 amide bonds. The Labute approximate surface area is 160 Å². The number of amides is 1. The molecule has 0 aliphatic carbocycles. The summed E-state index contributed by atoms with van der Waals surface area (Å²) in [4.78, 5) is 16.7. The molecule has 0 radical (unpaired) electrons. The average Bonchev–Trinajstić information content (AvgIpc) is 2.63. The van der Waals surface area contributed by atoms with Crippen molar-refractivity contribution in [3.8, 4) is 6.07 Å². The maximum Gasteiger partial charge on any atom is 0.414 e. The van der Waals surface area contributed by atoms with Crippen LogP contribution in [0.5, 0.6) is 0 Å². The Hall–Kier alpha value is -3.00. The zero-order chi connectivity index (χ0) is 19.6. The normalized spacial score (nSPS) is 16.5. The predicted octanol–water partition coefficient (Wildman–Crippen LogP) is 4.71. The highest BCUT2D eigenvalue weighted by atomic mass is 16.6. The molecule has 1 heterocycles. The Morgan fingerprint density at radius 3 is 2.37 bits per heavy atom. The van der Waals surface area contributed by atoms with Gasteiger partial charge in [-0.1, -0.05) is 24.3 Å². The number of hydrogen-bond donors (Lipinski definition) is 0. The van der Waals surface area contributed by atoms with Gasteiger partial charge in [-0.2, -0.15) is 5.26 Å². The number of carbonyl (C=O) groups excluding carboxylic acids is 1. The molecule has 27 heavy (non-hydrogen) atoms. The van der Waals surface area contributed by atoms with Crippen LogP contribution in [0.3, 0.4) is 0 Å². The van der Waals surface area contributed by atoms with E-state index in [9.17, 15) is 4.79 Å². The zero-order valence-electron chi connectivity index (χ0n) is 16.3. The maximum atomic E-state index is 12.7. The van der Waals surface area contributed by atoms with Crippen LogP contribution < -0.4 is 9.80 Å². The van der Waals surface area contributed by atoms with Crippen molar-refractivity contribution in [3.63, 3.8) is 0 Å². The topological polar surface area (TPSA) is 56.6 Å². The van der Waals surface area contributed by atoms with E-state index in [0.29, 0.717) is 18.7 Å². The number of rotatable bonds is 2. The van der Waals surface area contributed by atoms with Gasteiger partial charge < -0.3 is 9.64 Å². The zero-order valence-corrected chi connectivity index (χ0v) is 16.3. The summed E-state index contributed by atoms with van der Waals surface area (Å²) in [5.41, 5.74) is 3.11. The van der Waals surface area contributed by atoms with Crippen molar-refractivity contribution < 1.29 is 9.53 Å². The van der Waals surface area contributed by atoms with Crippen molar-refractivity contribution in [3.05, 3.63) is 59.7 Å². The monoisotopic (exact) mass is 363 g/mol. The fourth-order valence-electron chi connectivity index (χ4n) is 3.25. The molecule has 0 saturated carbocycles. The Kier molecular flexibility index (Phi) is 5.09. The van der Waals surface area contributed by atoms with Crippen LogP contribution in [-0.4, -0.2) is 24.3 Å². The lowest BCUT2D eigenvalue weighted by Crippen LogP contribution is -2.50. The molecule has 0 saturated heterocycles. The van der Waals surface area contributed by atoms with Crippen LogP contribution >= 0.6 is 0 Å². The van der Waals surface area contributed by atoms with E-state index in [0.717, 1.165) is 16.9 Å². The van der Waals surface area contributed by atoms with Gasteiger partial charge in [-0.25, -0.2) is 4.79 Å². The largest absolute Gasteiger partial charge is 0.443 e. The van der Waals surface area contributed by atoms with Crippen molar-refractivity contribution in [2.24, 2.45) is 0 Å². The van der Waals surface area contributed by atoms with E-state index < -0.39 is 5.60 Å². The minimum absolute atomic E-state index is 0.128. The van der Waals surface area contributed by atoms with Gasteiger partial charge in [0.1, 0.15) is 5.60 Å². The maximum absolute atomic E-state index is 12.7. The van der Waals surface area contributed by atoms with Gasteiger partial charge >= 0.3 is 6.09 Å². The molecule has 1 aliphatic rings. The number of hydrogen-bond acceptors (Lipinski definition) is 4. The molecule has 5 nitrogen and oxygen atoms in total. The molecule has 2 aromatic rings. The third kappa shape index (κ3) is 4.22. The highest BCUT2D eigenvalue weighted by Gasteiger charge is 2.33. The minimum atomic E-state index is -0.533. The van der Waals surface area contributed by atoms with Gasteiger partial charge in [0.05, 0.1) is 23.0 Å². The van der Waals surface area contributed by atoms with Crippen molar-refractivity contribution in [1.29, 1.82) is 5.26 Å².